The molecule has 0 spiro atoms. The lowest BCUT2D eigenvalue weighted by Crippen LogP contribution is -2.46. The second kappa shape index (κ2) is 7.84. The van der Waals surface area contributed by atoms with Gasteiger partial charge >= 0.3 is 5.97 Å². The van der Waals surface area contributed by atoms with E-state index in [1.54, 1.807) is 12.1 Å². The van der Waals surface area contributed by atoms with Crippen LogP contribution in [0, 0.1) is 10.8 Å². The lowest BCUT2D eigenvalue weighted by Gasteiger charge is -2.40. The molecule has 2 saturated heterocycles. The smallest absolute Gasteiger partial charge is 0.338 e. The summed E-state index contributed by atoms with van der Waals surface area (Å²) in [6.07, 6.45) is 1.98. The van der Waals surface area contributed by atoms with E-state index >= 15 is 0 Å². The van der Waals surface area contributed by atoms with Crippen LogP contribution in [0.1, 0.15) is 37.0 Å². The van der Waals surface area contributed by atoms with Gasteiger partial charge in [0.15, 0.2) is 0 Å². The summed E-state index contributed by atoms with van der Waals surface area (Å²) in [4.78, 5) is 12.0. The van der Waals surface area contributed by atoms with Crippen LogP contribution in [0.15, 0.2) is 18.2 Å². The number of carbonyl (C=O) groups is 1. The number of carbonyl (C=O) groups excluding carboxylic acids is 1. The Labute approximate surface area is 154 Å². The average molecular weight is 364 g/mol. The highest BCUT2D eigenvalue weighted by Crippen LogP contribution is 2.35. The molecule has 6 heteroatoms. The van der Waals surface area contributed by atoms with Crippen molar-refractivity contribution in [3.05, 3.63) is 23.8 Å². The molecule has 0 atom stereocenters. The molecule has 0 aliphatic carbocycles. The van der Waals surface area contributed by atoms with Crippen LogP contribution in [0.5, 0.6) is 11.5 Å². The van der Waals surface area contributed by atoms with Crippen LogP contribution in [0.25, 0.3) is 0 Å². The standard InChI is InChI=1S/C20H28O6/c1-4-19(9-23-10-19)13-25-16-6-15(18(21)22-3)7-17(8-16)26-14-20(5-2)11-24-12-20/h6-8H,4-5,9-14H2,1-3H3. The molecular formula is C20H28O6. The minimum atomic E-state index is -0.408. The largest absolute Gasteiger partial charge is 0.493 e. The minimum Gasteiger partial charge on any atom is -0.493 e. The second-order valence-corrected chi connectivity index (χ2v) is 7.45. The Kier molecular flexibility index (Phi) is 5.73. The lowest BCUT2D eigenvalue weighted by atomic mass is 9.84. The summed E-state index contributed by atoms with van der Waals surface area (Å²) < 4.78 is 27.5. The molecule has 1 aromatic carbocycles. The zero-order valence-electron chi connectivity index (χ0n) is 15.8. The molecule has 2 aliphatic rings. The molecule has 6 nitrogen and oxygen atoms in total. The number of hydrogen-bond donors (Lipinski definition) is 0. The van der Waals surface area contributed by atoms with E-state index in [9.17, 15) is 4.79 Å². The number of methoxy groups -OCH3 is 1. The van der Waals surface area contributed by atoms with Crippen molar-refractivity contribution in [2.24, 2.45) is 10.8 Å². The van der Waals surface area contributed by atoms with Crippen LogP contribution in [-0.2, 0) is 14.2 Å². The number of esters is 1. The van der Waals surface area contributed by atoms with Gasteiger partial charge in [0.05, 0.1) is 63.1 Å². The molecule has 0 N–H and O–H groups in total. The molecule has 3 rings (SSSR count). The summed E-state index contributed by atoms with van der Waals surface area (Å²) in [5.74, 6) is 0.811. The van der Waals surface area contributed by atoms with Gasteiger partial charge in [0, 0.05) is 6.07 Å². The number of ether oxygens (including phenoxy) is 5. The van der Waals surface area contributed by atoms with Crippen molar-refractivity contribution in [2.45, 2.75) is 26.7 Å². The van der Waals surface area contributed by atoms with E-state index in [-0.39, 0.29) is 10.8 Å². The molecular weight excluding hydrogens is 336 g/mol. The van der Waals surface area contributed by atoms with E-state index in [0.717, 1.165) is 12.8 Å². The first-order valence-corrected chi connectivity index (χ1v) is 9.18. The van der Waals surface area contributed by atoms with Crippen molar-refractivity contribution >= 4 is 5.97 Å². The summed E-state index contributed by atoms with van der Waals surface area (Å²) in [6, 6.07) is 5.23. The molecule has 2 heterocycles. The zero-order valence-corrected chi connectivity index (χ0v) is 15.8. The molecule has 0 saturated carbocycles. The number of rotatable bonds is 9. The van der Waals surface area contributed by atoms with Crippen molar-refractivity contribution in [2.75, 3.05) is 46.8 Å². The summed E-state index contributed by atoms with van der Waals surface area (Å²) in [6.45, 7) is 8.23. The maximum Gasteiger partial charge on any atom is 0.338 e. The Balaban J connectivity index is 1.71. The normalized spacial score (nSPS) is 19.8. The van der Waals surface area contributed by atoms with E-state index in [1.807, 2.05) is 6.07 Å². The maximum atomic E-state index is 12.0. The molecule has 0 amide bonds. The zero-order chi connectivity index (χ0) is 18.6. The molecule has 26 heavy (non-hydrogen) atoms. The molecule has 0 bridgehead atoms. The van der Waals surface area contributed by atoms with Crippen LogP contribution < -0.4 is 9.47 Å². The first-order chi connectivity index (χ1) is 12.5. The molecule has 0 radical (unpaired) electrons. The van der Waals surface area contributed by atoms with Gasteiger partial charge in [0.1, 0.15) is 11.5 Å². The highest BCUT2D eigenvalue weighted by atomic mass is 16.5. The number of benzene rings is 1. The lowest BCUT2D eigenvalue weighted by molar-refractivity contribution is -0.134. The van der Waals surface area contributed by atoms with Crippen molar-refractivity contribution in [3.8, 4) is 11.5 Å². The Morgan fingerprint density at radius 2 is 1.38 bits per heavy atom. The highest BCUT2D eigenvalue weighted by Gasteiger charge is 2.38. The van der Waals surface area contributed by atoms with Crippen LogP contribution in [0.2, 0.25) is 0 Å². The molecule has 144 valence electrons. The van der Waals surface area contributed by atoms with E-state index in [0.29, 0.717) is 56.7 Å². The van der Waals surface area contributed by atoms with Crippen molar-refractivity contribution < 1.29 is 28.5 Å². The average Bonchev–Trinajstić information content (AvgIpc) is 2.60. The van der Waals surface area contributed by atoms with Gasteiger partial charge in [-0.3, -0.25) is 0 Å². The van der Waals surface area contributed by atoms with Crippen molar-refractivity contribution in [1.82, 2.24) is 0 Å². The minimum absolute atomic E-state index is 0.0673. The first kappa shape index (κ1) is 19.0. The first-order valence-electron chi connectivity index (χ1n) is 9.18. The van der Waals surface area contributed by atoms with Crippen LogP contribution in [0.3, 0.4) is 0 Å². The fourth-order valence-electron chi connectivity index (χ4n) is 3.01. The third-order valence-corrected chi connectivity index (χ3v) is 5.52. The monoisotopic (exact) mass is 364 g/mol. The summed E-state index contributed by atoms with van der Waals surface area (Å²) in [5, 5.41) is 0. The van der Waals surface area contributed by atoms with Gasteiger partial charge in [0.2, 0.25) is 0 Å². The molecule has 2 aliphatic heterocycles. The van der Waals surface area contributed by atoms with Crippen LogP contribution in [-0.4, -0.2) is 52.7 Å². The van der Waals surface area contributed by atoms with Gasteiger partial charge in [-0.2, -0.15) is 0 Å². The maximum absolute atomic E-state index is 12.0. The Bertz CT molecular complexity index is 578. The highest BCUT2D eigenvalue weighted by molar-refractivity contribution is 5.90. The van der Waals surface area contributed by atoms with Gasteiger partial charge in [-0.15, -0.1) is 0 Å². The Morgan fingerprint density at radius 1 is 0.923 bits per heavy atom. The predicted octanol–water partition coefficient (Wildman–Crippen LogP) is 3.08. The topological polar surface area (TPSA) is 63.2 Å². The van der Waals surface area contributed by atoms with E-state index < -0.39 is 5.97 Å². The van der Waals surface area contributed by atoms with Gasteiger partial charge in [0.25, 0.3) is 0 Å². The molecule has 0 unspecified atom stereocenters. The second-order valence-electron chi connectivity index (χ2n) is 7.45. The van der Waals surface area contributed by atoms with Crippen molar-refractivity contribution in [3.63, 3.8) is 0 Å². The van der Waals surface area contributed by atoms with E-state index in [2.05, 4.69) is 13.8 Å². The third-order valence-electron chi connectivity index (χ3n) is 5.52. The van der Waals surface area contributed by atoms with Gasteiger partial charge in [-0.05, 0) is 25.0 Å². The SMILES string of the molecule is CCC1(COc2cc(OCC3(CC)COC3)cc(C(=O)OC)c2)COC1. The van der Waals surface area contributed by atoms with Crippen molar-refractivity contribution in [1.29, 1.82) is 0 Å². The summed E-state index contributed by atoms with van der Waals surface area (Å²) >= 11 is 0. The Morgan fingerprint density at radius 3 is 1.69 bits per heavy atom. The van der Waals surface area contributed by atoms with E-state index in [1.165, 1.54) is 7.11 Å². The molecule has 2 fully saturated rings. The van der Waals surface area contributed by atoms with Gasteiger partial charge < -0.3 is 23.7 Å². The molecule has 1 aromatic rings. The van der Waals surface area contributed by atoms with Gasteiger partial charge in [-0.1, -0.05) is 13.8 Å². The van der Waals surface area contributed by atoms with Crippen LogP contribution >= 0.6 is 0 Å². The summed E-state index contributed by atoms with van der Waals surface area (Å²) in [7, 11) is 1.37. The molecule has 0 aromatic heterocycles. The summed E-state index contributed by atoms with van der Waals surface area (Å²) in [5.41, 5.74) is 0.557. The quantitative estimate of drug-likeness (QED) is 0.628. The predicted molar refractivity (Wildman–Crippen MR) is 95.9 cm³/mol. The van der Waals surface area contributed by atoms with Crippen LogP contribution in [0.4, 0.5) is 0 Å². The fourth-order valence-corrected chi connectivity index (χ4v) is 3.01. The third kappa shape index (κ3) is 3.96. The Hall–Kier alpha value is -1.79. The number of hydrogen-bond acceptors (Lipinski definition) is 6. The van der Waals surface area contributed by atoms with E-state index in [4.69, 9.17) is 23.7 Å². The van der Waals surface area contributed by atoms with Gasteiger partial charge in [-0.25, -0.2) is 4.79 Å². The fraction of sp³-hybridized carbons (Fsp3) is 0.650.